The SMILES string of the molecule is CC(C)(C)OC(=O)NCCCN(CCCN)CCCN. The minimum Gasteiger partial charge on any atom is -0.444 e. The summed E-state index contributed by atoms with van der Waals surface area (Å²) in [5, 5.41) is 2.77. The van der Waals surface area contributed by atoms with E-state index in [9.17, 15) is 4.79 Å². The molecule has 6 heteroatoms. The molecule has 0 rings (SSSR count). The predicted molar refractivity (Wildman–Crippen MR) is 82.6 cm³/mol. The van der Waals surface area contributed by atoms with E-state index >= 15 is 0 Å². The van der Waals surface area contributed by atoms with Crippen LogP contribution >= 0.6 is 0 Å². The summed E-state index contributed by atoms with van der Waals surface area (Å²) in [5.41, 5.74) is 10.6. The molecule has 0 spiro atoms. The van der Waals surface area contributed by atoms with E-state index in [1.165, 1.54) is 0 Å². The molecule has 0 saturated carbocycles. The summed E-state index contributed by atoms with van der Waals surface area (Å²) in [5.74, 6) is 0. The van der Waals surface area contributed by atoms with Gasteiger partial charge < -0.3 is 26.4 Å². The van der Waals surface area contributed by atoms with Crippen LogP contribution in [-0.4, -0.2) is 55.9 Å². The maximum absolute atomic E-state index is 11.5. The molecule has 0 aromatic rings. The molecule has 0 aliphatic carbocycles. The van der Waals surface area contributed by atoms with Gasteiger partial charge in [0.15, 0.2) is 0 Å². The lowest BCUT2D eigenvalue weighted by atomic mass is 10.2. The van der Waals surface area contributed by atoms with E-state index in [0.29, 0.717) is 19.6 Å². The van der Waals surface area contributed by atoms with Crippen molar-refractivity contribution in [2.45, 2.75) is 45.6 Å². The number of nitrogens with two attached hydrogens (primary N) is 2. The van der Waals surface area contributed by atoms with Crippen LogP contribution in [0.3, 0.4) is 0 Å². The molecule has 0 radical (unpaired) electrons. The molecule has 0 atom stereocenters. The normalized spacial score (nSPS) is 11.7. The summed E-state index contributed by atoms with van der Waals surface area (Å²) >= 11 is 0. The van der Waals surface area contributed by atoms with Gasteiger partial charge in [-0.2, -0.15) is 0 Å². The standard InChI is InChI=1S/C14H32N4O2/c1-14(2,3)20-13(19)17-9-6-12-18(10-4-7-15)11-5-8-16/h4-12,15-16H2,1-3H3,(H,17,19). The Morgan fingerprint density at radius 3 is 2.00 bits per heavy atom. The lowest BCUT2D eigenvalue weighted by Crippen LogP contribution is -2.35. The fourth-order valence-corrected chi connectivity index (χ4v) is 1.77. The Morgan fingerprint density at radius 1 is 1.05 bits per heavy atom. The van der Waals surface area contributed by atoms with E-state index in [2.05, 4.69) is 10.2 Å². The third kappa shape index (κ3) is 12.2. The van der Waals surface area contributed by atoms with Crippen LogP contribution in [0, 0.1) is 0 Å². The summed E-state index contributed by atoms with van der Waals surface area (Å²) in [4.78, 5) is 13.8. The number of nitrogens with zero attached hydrogens (tertiary/aromatic N) is 1. The molecule has 0 aromatic carbocycles. The van der Waals surface area contributed by atoms with Gasteiger partial charge in [-0.25, -0.2) is 4.79 Å². The molecule has 1 amide bonds. The van der Waals surface area contributed by atoms with Crippen LogP contribution in [0.25, 0.3) is 0 Å². The molecule has 0 saturated heterocycles. The van der Waals surface area contributed by atoms with Crippen LogP contribution in [0.15, 0.2) is 0 Å². The lowest BCUT2D eigenvalue weighted by Gasteiger charge is -2.22. The van der Waals surface area contributed by atoms with Gasteiger partial charge in [-0.05, 0) is 72.8 Å². The average Bonchev–Trinajstić information content (AvgIpc) is 2.34. The van der Waals surface area contributed by atoms with Crippen molar-refractivity contribution in [2.75, 3.05) is 39.3 Å². The number of ether oxygens (including phenoxy) is 1. The fraction of sp³-hybridized carbons (Fsp3) is 0.929. The molecule has 0 aromatic heterocycles. The second-order valence-electron chi connectivity index (χ2n) is 5.91. The van der Waals surface area contributed by atoms with E-state index in [-0.39, 0.29) is 6.09 Å². The van der Waals surface area contributed by atoms with Crippen molar-refractivity contribution in [3.63, 3.8) is 0 Å². The van der Waals surface area contributed by atoms with Gasteiger partial charge in [0.05, 0.1) is 0 Å². The van der Waals surface area contributed by atoms with Crippen molar-refractivity contribution in [1.29, 1.82) is 0 Å². The summed E-state index contributed by atoms with van der Waals surface area (Å²) < 4.78 is 5.18. The van der Waals surface area contributed by atoms with Crippen molar-refractivity contribution in [3.05, 3.63) is 0 Å². The predicted octanol–water partition coefficient (Wildman–Crippen LogP) is 0.901. The van der Waals surface area contributed by atoms with Crippen LogP contribution in [0.5, 0.6) is 0 Å². The minimum atomic E-state index is -0.446. The first-order valence-electron chi connectivity index (χ1n) is 7.48. The minimum absolute atomic E-state index is 0.354. The first-order chi connectivity index (χ1) is 9.39. The van der Waals surface area contributed by atoms with Crippen molar-refractivity contribution < 1.29 is 9.53 Å². The number of carbonyl (C=O) groups is 1. The molecule has 0 unspecified atom stereocenters. The monoisotopic (exact) mass is 288 g/mol. The van der Waals surface area contributed by atoms with E-state index < -0.39 is 5.60 Å². The van der Waals surface area contributed by atoms with Gasteiger partial charge in [0.2, 0.25) is 0 Å². The number of carbonyl (C=O) groups excluding carboxylic acids is 1. The molecule has 6 nitrogen and oxygen atoms in total. The van der Waals surface area contributed by atoms with Crippen LogP contribution in [0.2, 0.25) is 0 Å². The van der Waals surface area contributed by atoms with Crippen LogP contribution in [-0.2, 0) is 4.74 Å². The van der Waals surface area contributed by atoms with Crippen molar-refractivity contribution in [3.8, 4) is 0 Å². The maximum atomic E-state index is 11.5. The summed E-state index contributed by atoms with van der Waals surface area (Å²) in [6.07, 6.45) is 2.52. The smallest absolute Gasteiger partial charge is 0.407 e. The lowest BCUT2D eigenvalue weighted by molar-refractivity contribution is 0.0525. The molecule has 20 heavy (non-hydrogen) atoms. The zero-order valence-electron chi connectivity index (χ0n) is 13.3. The second kappa shape index (κ2) is 10.9. The molecule has 0 aliphatic heterocycles. The molecular weight excluding hydrogens is 256 g/mol. The Morgan fingerprint density at radius 2 is 1.55 bits per heavy atom. The van der Waals surface area contributed by atoms with Gasteiger partial charge in [0.25, 0.3) is 0 Å². The Bertz CT molecular complexity index is 246. The molecule has 0 aliphatic rings. The van der Waals surface area contributed by atoms with Crippen molar-refractivity contribution >= 4 is 6.09 Å². The van der Waals surface area contributed by atoms with Crippen LogP contribution in [0.4, 0.5) is 4.79 Å². The fourth-order valence-electron chi connectivity index (χ4n) is 1.77. The first-order valence-corrected chi connectivity index (χ1v) is 7.48. The highest BCUT2D eigenvalue weighted by atomic mass is 16.6. The topological polar surface area (TPSA) is 93.6 Å². The Hall–Kier alpha value is -0.850. The number of amides is 1. The highest BCUT2D eigenvalue weighted by Gasteiger charge is 2.15. The summed E-state index contributed by atoms with van der Waals surface area (Å²) in [6, 6.07) is 0. The highest BCUT2D eigenvalue weighted by Crippen LogP contribution is 2.06. The van der Waals surface area contributed by atoms with Crippen molar-refractivity contribution in [1.82, 2.24) is 10.2 Å². The zero-order chi connectivity index (χ0) is 15.4. The van der Waals surface area contributed by atoms with Gasteiger partial charge >= 0.3 is 6.09 Å². The molecule has 120 valence electrons. The van der Waals surface area contributed by atoms with Gasteiger partial charge in [0.1, 0.15) is 5.60 Å². The largest absolute Gasteiger partial charge is 0.444 e. The van der Waals surface area contributed by atoms with Crippen molar-refractivity contribution in [2.24, 2.45) is 11.5 Å². The van der Waals surface area contributed by atoms with Gasteiger partial charge in [-0.3, -0.25) is 0 Å². The van der Waals surface area contributed by atoms with E-state index in [1.807, 2.05) is 20.8 Å². The molecule has 5 N–H and O–H groups in total. The van der Waals surface area contributed by atoms with Crippen LogP contribution in [0.1, 0.15) is 40.0 Å². The summed E-state index contributed by atoms with van der Waals surface area (Å²) in [6.45, 7) is 10.5. The van der Waals surface area contributed by atoms with Gasteiger partial charge in [0, 0.05) is 6.54 Å². The second-order valence-corrected chi connectivity index (χ2v) is 5.91. The van der Waals surface area contributed by atoms with E-state index in [4.69, 9.17) is 16.2 Å². The third-order valence-corrected chi connectivity index (χ3v) is 2.68. The Kier molecular flexibility index (Phi) is 10.4. The maximum Gasteiger partial charge on any atom is 0.407 e. The third-order valence-electron chi connectivity index (χ3n) is 2.68. The average molecular weight is 288 g/mol. The Balaban J connectivity index is 3.78. The highest BCUT2D eigenvalue weighted by molar-refractivity contribution is 5.67. The number of nitrogens with one attached hydrogen (secondary N) is 1. The number of hydrogen-bond donors (Lipinski definition) is 3. The van der Waals surface area contributed by atoms with E-state index in [1.54, 1.807) is 0 Å². The van der Waals surface area contributed by atoms with Crippen LogP contribution < -0.4 is 16.8 Å². The Labute approximate surface area is 123 Å². The van der Waals surface area contributed by atoms with Gasteiger partial charge in [-0.15, -0.1) is 0 Å². The van der Waals surface area contributed by atoms with E-state index in [0.717, 1.165) is 38.9 Å². The first kappa shape index (κ1) is 19.1. The van der Waals surface area contributed by atoms with Gasteiger partial charge in [-0.1, -0.05) is 0 Å². The number of rotatable bonds is 10. The molecule has 0 bridgehead atoms. The quantitative estimate of drug-likeness (QED) is 0.519. The molecule has 0 heterocycles. The zero-order valence-corrected chi connectivity index (χ0v) is 13.3. The number of alkyl carbamates (subject to hydrolysis) is 1. The molecular formula is C14H32N4O2. The number of hydrogen-bond acceptors (Lipinski definition) is 5. The molecule has 0 fully saturated rings. The summed E-state index contributed by atoms with van der Waals surface area (Å²) in [7, 11) is 0.